The van der Waals surface area contributed by atoms with Crippen LogP contribution in [0.5, 0.6) is 0 Å². The van der Waals surface area contributed by atoms with Crippen molar-refractivity contribution in [2.75, 3.05) is 30.4 Å². The average molecular weight is 271 g/mol. The fraction of sp³-hybridized carbons (Fsp3) is 0.455. The zero-order valence-corrected chi connectivity index (χ0v) is 11.3. The fourth-order valence-corrected chi connectivity index (χ4v) is 1.75. The molecule has 0 unspecified atom stereocenters. The molecule has 0 atom stereocenters. The van der Waals surface area contributed by atoms with Crippen LogP contribution in [0.25, 0.3) is 0 Å². The van der Waals surface area contributed by atoms with Gasteiger partial charge in [0.2, 0.25) is 0 Å². The van der Waals surface area contributed by atoms with Crippen LogP contribution in [0, 0.1) is 0 Å². The maximum Gasteiger partial charge on any atom is 0.269 e. The third kappa shape index (κ3) is 5.13. The molecule has 0 saturated carbocycles. The highest BCUT2D eigenvalue weighted by molar-refractivity contribution is 7.90. The number of nitrogens with zero attached hydrogens (tertiary/aromatic N) is 1. The fourth-order valence-electron chi connectivity index (χ4n) is 1.28. The molecule has 0 aliphatic heterocycles. The van der Waals surface area contributed by atoms with E-state index in [1.165, 1.54) is 0 Å². The predicted molar refractivity (Wildman–Crippen MR) is 70.4 cm³/mol. The van der Waals surface area contributed by atoms with Gasteiger partial charge in [-0.15, -0.1) is 0 Å². The molecule has 0 radical (unpaired) electrons. The van der Waals surface area contributed by atoms with Crippen molar-refractivity contribution in [2.24, 2.45) is 0 Å². The topological polar surface area (TPSA) is 88.2 Å². The monoisotopic (exact) mass is 271 g/mol. The van der Waals surface area contributed by atoms with Gasteiger partial charge in [-0.1, -0.05) is 6.07 Å². The summed E-state index contributed by atoms with van der Waals surface area (Å²) in [6.45, 7) is 2.73. The minimum Gasteiger partial charge on any atom is -0.370 e. The Morgan fingerprint density at radius 1 is 1.39 bits per heavy atom. The summed E-state index contributed by atoms with van der Waals surface area (Å²) >= 11 is 0. The van der Waals surface area contributed by atoms with Gasteiger partial charge in [-0.25, -0.2) is 13.4 Å². The molecule has 7 heteroatoms. The van der Waals surface area contributed by atoms with E-state index < -0.39 is 9.84 Å². The highest BCUT2D eigenvalue weighted by Gasteiger charge is 2.09. The lowest BCUT2D eigenvalue weighted by molar-refractivity contribution is 0.0951. The van der Waals surface area contributed by atoms with Crippen LogP contribution >= 0.6 is 0 Å². The number of carbonyl (C=O) groups excluding carboxylic acids is 1. The van der Waals surface area contributed by atoms with E-state index >= 15 is 0 Å². The normalized spacial score (nSPS) is 11.0. The van der Waals surface area contributed by atoms with Gasteiger partial charge in [-0.3, -0.25) is 4.79 Å². The number of hydrogen-bond donors (Lipinski definition) is 2. The smallest absolute Gasteiger partial charge is 0.269 e. The minimum atomic E-state index is -3.07. The molecule has 0 aliphatic carbocycles. The van der Waals surface area contributed by atoms with Gasteiger partial charge in [0.25, 0.3) is 5.91 Å². The number of anilines is 1. The van der Waals surface area contributed by atoms with Crippen LogP contribution in [-0.4, -0.2) is 44.4 Å². The number of pyridine rings is 1. The number of amides is 1. The standard InChI is InChI=1S/C11H17N3O3S/c1-3-12-10-6-4-5-9(14-10)11(15)13-7-8-18(2,16)17/h4-6H,3,7-8H2,1-2H3,(H,12,14)(H,13,15). The molecule has 0 fully saturated rings. The summed E-state index contributed by atoms with van der Waals surface area (Å²) in [6.07, 6.45) is 1.13. The van der Waals surface area contributed by atoms with Gasteiger partial charge in [-0.2, -0.15) is 0 Å². The SMILES string of the molecule is CCNc1cccc(C(=O)NCCS(C)(=O)=O)n1. The second kappa shape index (κ2) is 6.34. The van der Waals surface area contributed by atoms with Gasteiger partial charge >= 0.3 is 0 Å². The van der Waals surface area contributed by atoms with E-state index in [4.69, 9.17) is 0 Å². The molecule has 1 aromatic rings. The Bertz CT molecular complexity index is 514. The quantitative estimate of drug-likeness (QED) is 0.776. The van der Waals surface area contributed by atoms with Crippen LogP contribution in [0.2, 0.25) is 0 Å². The van der Waals surface area contributed by atoms with Crippen LogP contribution in [0.3, 0.4) is 0 Å². The molecule has 2 N–H and O–H groups in total. The Morgan fingerprint density at radius 3 is 2.72 bits per heavy atom. The average Bonchev–Trinajstić information content (AvgIpc) is 2.28. The number of nitrogens with one attached hydrogen (secondary N) is 2. The number of hydrogen-bond acceptors (Lipinski definition) is 5. The highest BCUT2D eigenvalue weighted by atomic mass is 32.2. The maximum atomic E-state index is 11.7. The Kier molecular flexibility index (Phi) is 5.08. The summed E-state index contributed by atoms with van der Waals surface area (Å²) in [4.78, 5) is 15.8. The van der Waals surface area contributed by atoms with Crippen molar-refractivity contribution >= 4 is 21.6 Å². The summed E-state index contributed by atoms with van der Waals surface area (Å²) in [7, 11) is -3.07. The second-order valence-corrected chi connectivity index (χ2v) is 6.08. The molecule has 100 valence electrons. The molecule has 1 heterocycles. The first kappa shape index (κ1) is 14.4. The van der Waals surface area contributed by atoms with Crippen molar-refractivity contribution in [3.63, 3.8) is 0 Å². The molecule has 0 aliphatic rings. The third-order valence-corrected chi connectivity index (χ3v) is 3.04. The van der Waals surface area contributed by atoms with Gasteiger partial charge < -0.3 is 10.6 Å². The Balaban J connectivity index is 2.58. The lowest BCUT2D eigenvalue weighted by atomic mass is 10.3. The van der Waals surface area contributed by atoms with Gasteiger partial charge in [0.1, 0.15) is 21.3 Å². The molecule has 1 aromatic heterocycles. The molecule has 0 spiro atoms. The molecule has 0 aromatic carbocycles. The van der Waals surface area contributed by atoms with Crippen LogP contribution in [0.4, 0.5) is 5.82 Å². The number of rotatable bonds is 6. The first-order valence-electron chi connectivity index (χ1n) is 5.59. The van der Waals surface area contributed by atoms with Crippen molar-refractivity contribution in [1.29, 1.82) is 0 Å². The van der Waals surface area contributed by atoms with E-state index in [9.17, 15) is 13.2 Å². The predicted octanol–water partition coefficient (Wildman–Crippen LogP) is 0.288. The molecule has 18 heavy (non-hydrogen) atoms. The maximum absolute atomic E-state index is 11.7. The molecule has 6 nitrogen and oxygen atoms in total. The summed E-state index contributed by atoms with van der Waals surface area (Å²) in [6, 6.07) is 5.06. The largest absolute Gasteiger partial charge is 0.370 e. The van der Waals surface area contributed by atoms with E-state index in [1.807, 2.05) is 6.92 Å². The van der Waals surface area contributed by atoms with E-state index in [1.54, 1.807) is 18.2 Å². The zero-order valence-electron chi connectivity index (χ0n) is 10.4. The Morgan fingerprint density at radius 2 is 2.11 bits per heavy atom. The van der Waals surface area contributed by atoms with Crippen LogP contribution < -0.4 is 10.6 Å². The lowest BCUT2D eigenvalue weighted by Crippen LogP contribution is -2.29. The van der Waals surface area contributed by atoms with Crippen LogP contribution in [-0.2, 0) is 9.84 Å². The van der Waals surface area contributed by atoms with Gasteiger partial charge in [0.05, 0.1) is 5.75 Å². The zero-order chi connectivity index (χ0) is 13.6. The van der Waals surface area contributed by atoms with E-state index in [0.29, 0.717) is 12.4 Å². The molecule has 1 amide bonds. The van der Waals surface area contributed by atoms with Crippen molar-refractivity contribution in [3.05, 3.63) is 23.9 Å². The summed E-state index contributed by atoms with van der Waals surface area (Å²) in [5.74, 6) is 0.165. The second-order valence-electron chi connectivity index (χ2n) is 3.82. The summed E-state index contributed by atoms with van der Waals surface area (Å²) in [5.41, 5.74) is 0.266. The molecule has 0 saturated heterocycles. The molecular weight excluding hydrogens is 254 g/mol. The van der Waals surface area contributed by atoms with E-state index in [-0.39, 0.29) is 23.9 Å². The van der Waals surface area contributed by atoms with Crippen molar-refractivity contribution < 1.29 is 13.2 Å². The van der Waals surface area contributed by atoms with Crippen molar-refractivity contribution in [3.8, 4) is 0 Å². The number of carbonyl (C=O) groups is 1. The molecule has 0 bridgehead atoms. The van der Waals surface area contributed by atoms with Gasteiger partial charge in [-0.05, 0) is 19.1 Å². The van der Waals surface area contributed by atoms with E-state index in [0.717, 1.165) is 6.26 Å². The van der Waals surface area contributed by atoms with Gasteiger partial charge in [0, 0.05) is 19.3 Å². The van der Waals surface area contributed by atoms with Gasteiger partial charge in [0.15, 0.2) is 0 Å². The van der Waals surface area contributed by atoms with Crippen LogP contribution in [0.15, 0.2) is 18.2 Å². The van der Waals surface area contributed by atoms with Crippen molar-refractivity contribution in [2.45, 2.75) is 6.92 Å². The Labute approximate surface area is 107 Å². The Hall–Kier alpha value is -1.63. The summed E-state index contributed by atoms with van der Waals surface area (Å²) < 4.78 is 21.8. The number of aromatic nitrogens is 1. The summed E-state index contributed by atoms with van der Waals surface area (Å²) in [5, 5.41) is 5.51. The minimum absolute atomic E-state index is 0.0777. The molecule has 1 rings (SSSR count). The van der Waals surface area contributed by atoms with Crippen molar-refractivity contribution in [1.82, 2.24) is 10.3 Å². The molecular formula is C11H17N3O3S. The number of sulfone groups is 1. The van der Waals surface area contributed by atoms with Crippen LogP contribution in [0.1, 0.15) is 17.4 Å². The third-order valence-electron chi connectivity index (χ3n) is 2.10. The van der Waals surface area contributed by atoms with E-state index in [2.05, 4.69) is 15.6 Å². The first-order chi connectivity index (χ1) is 8.42. The highest BCUT2D eigenvalue weighted by Crippen LogP contribution is 2.04. The lowest BCUT2D eigenvalue weighted by Gasteiger charge is -2.06. The first-order valence-corrected chi connectivity index (χ1v) is 7.65.